The van der Waals surface area contributed by atoms with Crippen LogP contribution in [-0.2, 0) is 72.0 Å². The molecule has 4 aromatic rings. The smallest absolute Gasteiger partial charge is 0.312 e. The first kappa shape index (κ1) is 76.0. The van der Waals surface area contributed by atoms with Gasteiger partial charge in [0.05, 0.1) is 6.61 Å². The van der Waals surface area contributed by atoms with Gasteiger partial charge in [-0.1, -0.05) is 74.5 Å². The highest BCUT2D eigenvalue weighted by atomic mass is 16.4. The van der Waals surface area contributed by atoms with Gasteiger partial charge in [0.2, 0.25) is 59.1 Å². The van der Waals surface area contributed by atoms with Crippen LogP contribution in [0.2, 0.25) is 0 Å². The van der Waals surface area contributed by atoms with Crippen LogP contribution in [0.25, 0.3) is 10.8 Å². The number of fused-ring (bicyclic) bond motifs is 1. The number of urea groups is 1. The third-order valence-corrected chi connectivity index (χ3v) is 14.7. The number of nitrogens with one attached hydrogen (secondary N) is 9. The number of carboxylic acids is 1. The summed E-state index contributed by atoms with van der Waals surface area (Å²) in [5.74, 6) is -9.51. The Morgan fingerprint density at radius 3 is 1.70 bits per heavy atom. The van der Waals surface area contributed by atoms with Crippen LogP contribution in [-0.4, -0.2) is 183 Å². The quantitative estimate of drug-likeness (QED) is 0.0137. The molecule has 0 spiro atoms. The number of likely N-dealkylation sites (tertiary alicyclic amines) is 1. The van der Waals surface area contributed by atoms with E-state index in [-0.39, 0.29) is 95.0 Å². The van der Waals surface area contributed by atoms with Gasteiger partial charge in [-0.25, -0.2) is 4.79 Å². The number of amides is 12. The number of phenolic OH excluding ortho intramolecular Hbond substituents is 1. The van der Waals surface area contributed by atoms with Gasteiger partial charge in [0, 0.05) is 65.1 Å². The molecule has 20 N–H and O–H groups in total. The summed E-state index contributed by atoms with van der Waals surface area (Å²) in [5, 5.41) is 53.5. The molecular formula is C63H88N16O15. The molecule has 1 aliphatic heterocycles. The zero-order valence-electron chi connectivity index (χ0n) is 53.2. The molecule has 2 heterocycles. The largest absolute Gasteiger partial charge is 0.508 e. The number of aliphatic hydroxyl groups is 1. The van der Waals surface area contributed by atoms with Crippen molar-refractivity contribution in [1.82, 2.24) is 57.7 Å². The number of nitrogens with two attached hydrogens (primary N) is 4. The van der Waals surface area contributed by atoms with Crippen molar-refractivity contribution in [3.8, 4) is 5.75 Å². The number of carbonyl (C=O) groups excluding carboxylic acids is 11. The fraction of sp³-hybridized carbons (Fsp3) is 0.460. The van der Waals surface area contributed by atoms with Crippen LogP contribution in [0, 0.1) is 5.92 Å². The summed E-state index contributed by atoms with van der Waals surface area (Å²) in [6, 6.07) is 8.90. The lowest BCUT2D eigenvalue weighted by Crippen LogP contribution is -2.61. The van der Waals surface area contributed by atoms with Crippen LogP contribution < -0.4 is 70.8 Å². The minimum atomic E-state index is -1.78. The summed E-state index contributed by atoms with van der Waals surface area (Å²) in [4.78, 5) is 169. The number of nitrogens with zero attached hydrogens (tertiary/aromatic N) is 3. The predicted octanol–water partition coefficient (Wildman–Crippen LogP) is -2.01. The van der Waals surface area contributed by atoms with E-state index in [4.69, 9.17) is 32.8 Å². The third-order valence-electron chi connectivity index (χ3n) is 14.7. The molecule has 3 aromatic carbocycles. The maximum atomic E-state index is 14.7. The average Bonchev–Trinajstić information content (AvgIpc) is 1.54. The topological polar surface area (TPSA) is 506 Å². The lowest BCUT2D eigenvalue weighted by molar-refractivity contribution is -0.142. The number of aliphatic carboxylic acids is 1. The van der Waals surface area contributed by atoms with E-state index in [9.17, 15) is 63.0 Å². The fourth-order valence-electron chi connectivity index (χ4n) is 10.1. The van der Waals surface area contributed by atoms with E-state index in [2.05, 4.69) is 57.8 Å². The molecule has 0 aliphatic carbocycles. The Balaban J connectivity index is 0.00000457. The van der Waals surface area contributed by atoms with E-state index in [0.29, 0.717) is 23.1 Å². The van der Waals surface area contributed by atoms with Crippen molar-refractivity contribution in [1.29, 1.82) is 0 Å². The lowest BCUT2D eigenvalue weighted by Gasteiger charge is -2.31. The van der Waals surface area contributed by atoms with Crippen LogP contribution in [0.15, 0.2) is 96.2 Å². The Morgan fingerprint density at radius 2 is 1.13 bits per heavy atom. The summed E-state index contributed by atoms with van der Waals surface area (Å²) in [6.45, 7) is 6.36. The summed E-state index contributed by atoms with van der Waals surface area (Å²) in [7, 11) is 0. The summed E-state index contributed by atoms with van der Waals surface area (Å²) in [6.07, 6.45) is 3.17. The van der Waals surface area contributed by atoms with Crippen molar-refractivity contribution in [2.45, 2.75) is 153 Å². The molecule has 0 radical (unpaired) electrons. The molecule has 1 aromatic heterocycles. The summed E-state index contributed by atoms with van der Waals surface area (Å²) < 4.78 is 0. The third kappa shape index (κ3) is 26.4. The zero-order valence-corrected chi connectivity index (χ0v) is 53.2. The molecule has 1 saturated heterocycles. The van der Waals surface area contributed by atoms with E-state index in [1.165, 1.54) is 55.4 Å². The summed E-state index contributed by atoms with van der Waals surface area (Å²) >= 11 is 0. The molecule has 5 rings (SSSR count). The molecule has 0 unspecified atom stereocenters. The monoisotopic (exact) mass is 1310 g/mol. The lowest BCUT2D eigenvalue weighted by atomic mass is 10.00. The Kier molecular flexibility index (Phi) is 31.0. The minimum Gasteiger partial charge on any atom is -0.508 e. The van der Waals surface area contributed by atoms with Crippen LogP contribution in [0.4, 0.5) is 4.79 Å². The number of hydrogen-bond acceptors (Lipinski definition) is 16. The van der Waals surface area contributed by atoms with E-state index in [1.807, 2.05) is 42.5 Å². The van der Waals surface area contributed by atoms with Crippen molar-refractivity contribution in [2.24, 2.45) is 33.8 Å². The number of carbonyl (C=O) groups is 12. The van der Waals surface area contributed by atoms with Crippen molar-refractivity contribution in [3.63, 3.8) is 0 Å². The van der Waals surface area contributed by atoms with Gasteiger partial charge < -0.3 is 91.0 Å². The number of aromatic nitrogens is 1. The molecule has 1 aliphatic rings. The maximum Gasteiger partial charge on any atom is 0.312 e. The van der Waals surface area contributed by atoms with Gasteiger partial charge >= 0.3 is 6.03 Å². The molecule has 94 heavy (non-hydrogen) atoms. The normalized spacial score (nSPS) is 15.0. The van der Waals surface area contributed by atoms with Gasteiger partial charge in [-0.2, -0.15) is 0 Å². The van der Waals surface area contributed by atoms with Gasteiger partial charge in [-0.15, -0.1) is 0 Å². The number of benzene rings is 3. The zero-order chi connectivity index (χ0) is 69.6. The predicted molar refractivity (Wildman–Crippen MR) is 345 cm³/mol. The number of rotatable bonds is 34. The number of hydrogen-bond donors (Lipinski definition) is 16. The van der Waals surface area contributed by atoms with Crippen molar-refractivity contribution in [2.75, 3.05) is 26.2 Å². The Labute approximate surface area is 543 Å². The fourth-order valence-corrected chi connectivity index (χ4v) is 10.1. The van der Waals surface area contributed by atoms with Crippen LogP contribution in [0.1, 0.15) is 96.3 Å². The first-order valence-corrected chi connectivity index (χ1v) is 30.6. The van der Waals surface area contributed by atoms with Crippen molar-refractivity contribution >= 4 is 87.8 Å². The first-order chi connectivity index (χ1) is 44.5. The van der Waals surface area contributed by atoms with Crippen molar-refractivity contribution in [3.05, 3.63) is 108 Å². The number of carboxylic acid groups (broad SMARTS) is 1. The molecule has 0 bridgehead atoms. The number of primary amides is 2. The second-order valence-electron chi connectivity index (χ2n) is 23.0. The molecule has 31 heteroatoms. The molecule has 1 fully saturated rings. The second-order valence-corrected chi connectivity index (χ2v) is 23.0. The average molecular weight is 1310 g/mol. The second kappa shape index (κ2) is 38.4. The molecule has 0 saturated carbocycles. The van der Waals surface area contributed by atoms with E-state index < -0.39 is 132 Å². The molecule has 9 atom stereocenters. The number of phenols is 1. The Morgan fingerprint density at radius 1 is 0.606 bits per heavy atom. The summed E-state index contributed by atoms with van der Waals surface area (Å²) in [5.41, 5.74) is 23.3. The van der Waals surface area contributed by atoms with Crippen LogP contribution >= 0.6 is 0 Å². The minimum absolute atomic E-state index is 0.00207. The van der Waals surface area contributed by atoms with Gasteiger partial charge in [-0.3, -0.25) is 62.7 Å². The highest BCUT2D eigenvalue weighted by molar-refractivity contribution is 5.99. The van der Waals surface area contributed by atoms with Crippen LogP contribution in [0.5, 0.6) is 5.75 Å². The van der Waals surface area contributed by atoms with E-state index in [0.717, 1.165) is 17.7 Å². The van der Waals surface area contributed by atoms with Gasteiger partial charge in [0.15, 0.2) is 5.96 Å². The highest BCUT2D eigenvalue weighted by Crippen LogP contribution is 2.22. The van der Waals surface area contributed by atoms with Gasteiger partial charge in [-0.05, 0) is 103 Å². The SMILES string of the molecule is CC(=O)N[C@H](Cc1ccc2ccccc2c1)C(=O)N[C@H](Cc1cccnc1)C(=O)N[C@@H](CO)C(=O)N[C@@H](Cc1ccc(O)cc1)C(=O)N[C@H](CCCNC(N)=O)C(=O)N[C@@H](CC(C)C)C(=O)N[C@@H](CCCN=C(N)N)C(=O)N1CCC[C@H]1C(=O)N[C@H](C)C(N)=O.CC(=O)O. The number of aliphatic imine (C=N–C) groups is 1. The molecule has 31 nitrogen and oxygen atoms in total. The first-order valence-electron chi connectivity index (χ1n) is 30.6. The number of guanidine groups is 1. The molecular weight excluding hydrogens is 1220 g/mol. The maximum absolute atomic E-state index is 14.7. The van der Waals surface area contributed by atoms with Crippen LogP contribution in [0.3, 0.4) is 0 Å². The van der Waals surface area contributed by atoms with Gasteiger partial charge in [0.25, 0.3) is 5.97 Å². The Hall–Kier alpha value is -10.5. The number of aromatic hydroxyl groups is 1. The number of aliphatic hydroxyl groups excluding tert-OH is 1. The van der Waals surface area contributed by atoms with Crippen molar-refractivity contribution < 1.29 is 72.9 Å². The van der Waals surface area contributed by atoms with Gasteiger partial charge in [0.1, 0.15) is 60.1 Å². The highest BCUT2D eigenvalue weighted by Gasteiger charge is 2.40. The van der Waals surface area contributed by atoms with E-state index in [1.54, 1.807) is 26.0 Å². The Bertz CT molecular complexity index is 3290. The molecule has 510 valence electrons. The van der Waals surface area contributed by atoms with E-state index >= 15 is 0 Å². The molecule has 12 amide bonds. The number of pyridine rings is 1. The standard InChI is InChI=1S/C61H84N16O13.C2H4O2/c1-34(2)27-45(53(83)72-44(15-9-24-67-60(63)64)59(89)77-26-10-16-50(77)58(88)69-35(3)51(62)81)73-52(82)43(14-8-25-68-61(65)90)71-55(85)47(29-37-18-21-42(80)22-19-37)75-57(87)49(33-78)76-56(86)48(31-39-11-7-23-66-32-39)74-54(84)46(70-36(4)79)30-38-17-20-40-12-5-6-13-41(40)28-38;1-2(3)4/h5-7,11-13,17-23,28,32,34-35,43-50,78,80H,8-10,14-16,24-27,29-31,33H2,1-4H3,(H2,62,81)(H,69,88)(H,70,79)(H,71,85)(H,72,83)(H,73,82)(H,74,84)(H,75,87)(H,76,86)(H4,63,64,67)(H3,65,68,90);1H3,(H,3,4)/t35-,43-,44+,45+,46-,47+,48-,49+,50+;/m1./s1.